The van der Waals surface area contributed by atoms with Gasteiger partial charge in [0.25, 0.3) is 0 Å². The third kappa shape index (κ3) is 4.21. The van der Waals surface area contributed by atoms with Crippen LogP contribution in [0.1, 0.15) is 37.7 Å². The Balaban J connectivity index is 1.59. The number of benzene rings is 2. The first-order valence-corrected chi connectivity index (χ1v) is 8.82. The molecule has 2 nitrogen and oxygen atoms in total. The first-order valence-electron chi connectivity index (χ1n) is 8.82. The fraction of sp³-hybridized carbons (Fsp3) is 0.429. The normalized spacial score (nSPS) is 18.0. The lowest BCUT2D eigenvalue weighted by Gasteiger charge is -2.33. The van der Waals surface area contributed by atoms with E-state index in [9.17, 15) is 5.11 Å². The molecule has 0 radical (unpaired) electrons. The molecule has 2 heteroatoms. The van der Waals surface area contributed by atoms with Gasteiger partial charge in [-0.1, -0.05) is 61.5 Å². The van der Waals surface area contributed by atoms with Crippen molar-refractivity contribution in [1.29, 1.82) is 0 Å². The topological polar surface area (TPSA) is 23.5 Å². The number of β-amino-alcohol motifs (C(OH)–C–C–N with tert-alkyl or cyclic N) is 1. The molecule has 0 spiro atoms. The van der Waals surface area contributed by atoms with Crippen LogP contribution >= 0.6 is 0 Å². The number of hydrogen-bond acceptors (Lipinski definition) is 2. The second kappa shape index (κ2) is 7.76. The van der Waals surface area contributed by atoms with Crippen LogP contribution in [0.25, 0.3) is 11.1 Å². The zero-order valence-corrected chi connectivity index (χ0v) is 14.0. The predicted octanol–water partition coefficient (Wildman–Crippen LogP) is 4.30. The molecule has 1 unspecified atom stereocenters. The van der Waals surface area contributed by atoms with Gasteiger partial charge in [-0.25, -0.2) is 0 Å². The Morgan fingerprint density at radius 1 is 0.957 bits per heavy atom. The molecule has 0 saturated carbocycles. The standard InChI is InChI=1S/C21H27NO/c1-2-21(23)16-22-14-12-20(13-15-22)19-10-8-18(9-11-19)17-6-4-3-5-7-17/h3-11,20-21,23H,2,12-16H2,1H3. The van der Waals surface area contributed by atoms with Gasteiger partial charge in [-0.05, 0) is 55.0 Å². The lowest BCUT2D eigenvalue weighted by molar-refractivity contribution is 0.0944. The monoisotopic (exact) mass is 309 g/mol. The van der Waals surface area contributed by atoms with Crippen LogP contribution in [-0.4, -0.2) is 35.7 Å². The molecule has 122 valence electrons. The molecule has 0 bridgehead atoms. The minimum absolute atomic E-state index is 0.170. The van der Waals surface area contributed by atoms with Gasteiger partial charge in [-0.15, -0.1) is 0 Å². The van der Waals surface area contributed by atoms with Crippen molar-refractivity contribution in [3.8, 4) is 11.1 Å². The molecule has 1 aliphatic heterocycles. The van der Waals surface area contributed by atoms with Gasteiger partial charge < -0.3 is 10.0 Å². The van der Waals surface area contributed by atoms with E-state index in [0.717, 1.165) is 26.1 Å². The van der Waals surface area contributed by atoms with Crippen molar-refractivity contribution < 1.29 is 5.11 Å². The lowest BCUT2D eigenvalue weighted by Crippen LogP contribution is -2.38. The number of hydrogen-bond donors (Lipinski definition) is 1. The molecular formula is C21H27NO. The van der Waals surface area contributed by atoms with E-state index in [4.69, 9.17) is 0 Å². The van der Waals surface area contributed by atoms with E-state index in [-0.39, 0.29) is 6.10 Å². The highest BCUT2D eigenvalue weighted by atomic mass is 16.3. The highest BCUT2D eigenvalue weighted by molar-refractivity contribution is 5.63. The van der Waals surface area contributed by atoms with Crippen molar-refractivity contribution in [3.63, 3.8) is 0 Å². The van der Waals surface area contributed by atoms with Crippen LogP contribution in [0.4, 0.5) is 0 Å². The fourth-order valence-corrected chi connectivity index (χ4v) is 3.45. The third-order valence-corrected chi connectivity index (χ3v) is 5.02. The lowest BCUT2D eigenvalue weighted by atomic mass is 9.88. The summed E-state index contributed by atoms with van der Waals surface area (Å²) in [6, 6.07) is 19.6. The van der Waals surface area contributed by atoms with Crippen LogP contribution in [0.15, 0.2) is 54.6 Å². The minimum Gasteiger partial charge on any atom is -0.392 e. The molecule has 23 heavy (non-hydrogen) atoms. The van der Waals surface area contributed by atoms with Gasteiger partial charge in [0.15, 0.2) is 0 Å². The Labute approximate surface area is 139 Å². The molecule has 1 N–H and O–H groups in total. The summed E-state index contributed by atoms with van der Waals surface area (Å²) in [5.41, 5.74) is 4.03. The van der Waals surface area contributed by atoms with Crippen LogP contribution in [0.5, 0.6) is 0 Å². The minimum atomic E-state index is -0.170. The number of rotatable bonds is 5. The van der Waals surface area contributed by atoms with E-state index in [1.54, 1.807) is 0 Å². The van der Waals surface area contributed by atoms with E-state index in [2.05, 4.69) is 59.5 Å². The van der Waals surface area contributed by atoms with E-state index in [1.165, 1.54) is 29.5 Å². The van der Waals surface area contributed by atoms with Gasteiger partial charge in [0.2, 0.25) is 0 Å². The SMILES string of the molecule is CCC(O)CN1CCC(c2ccc(-c3ccccc3)cc2)CC1. The van der Waals surface area contributed by atoms with E-state index < -0.39 is 0 Å². The van der Waals surface area contributed by atoms with Gasteiger partial charge in [-0.2, -0.15) is 0 Å². The Morgan fingerprint density at radius 3 is 2.17 bits per heavy atom. The Morgan fingerprint density at radius 2 is 1.57 bits per heavy atom. The zero-order chi connectivity index (χ0) is 16.1. The maximum absolute atomic E-state index is 9.79. The van der Waals surface area contributed by atoms with Crippen LogP contribution < -0.4 is 0 Å². The molecule has 3 rings (SSSR count). The van der Waals surface area contributed by atoms with E-state index in [0.29, 0.717) is 5.92 Å². The molecule has 2 aromatic carbocycles. The summed E-state index contributed by atoms with van der Waals surface area (Å²) in [6.45, 7) is 5.08. The van der Waals surface area contributed by atoms with Gasteiger partial charge in [-0.3, -0.25) is 0 Å². The summed E-state index contributed by atoms with van der Waals surface area (Å²) in [5, 5.41) is 9.79. The largest absolute Gasteiger partial charge is 0.392 e. The van der Waals surface area contributed by atoms with Crippen molar-refractivity contribution in [3.05, 3.63) is 60.2 Å². The van der Waals surface area contributed by atoms with Crippen LogP contribution in [0.2, 0.25) is 0 Å². The van der Waals surface area contributed by atoms with Crippen molar-refractivity contribution in [2.24, 2.45) is 0 Å². The summed E-state index contributed by atoms with van der Waals surface area (Å²) >= 11 is 0. The molecule has 1 saturated heterocycles. The summed E-state index contributed by atoms with van der Waals surface area (Å²) in [5.74, 6) is 0.662. The Hall–Kier alpha value is -1.64. The molecule has 1 fully saturated rings. The van der Waals surface area contributed by atoms with Crippen molar-refractivity contribution in [2.45, 2.75) is 38.2 Å². The average Bonchev–Trinajstić information content (AvgIpc) is 2.63. The maximum atomic E-state index is 9.79. The fourth-order valence-electron chi connectivity index (χ4n) is 3.45. The van der Waals surface area contributed by atoms with Crippen molar-refractivity contribution >= 4 is 0 Å². The number of piperidine rings is 1. The summed E-state index contributed by atoms with van der Waals surface area (Å²) in [4.78, 5) is 2.41. The van der Waals surface area contributed by atoms with Gasteiger partial charge in [0.05, 0.1) is 6.10 Å². The van der Waals surface area contributed by atoms with Crippen molar-refractivity contribution in [1.82, 2.24) is 4.90 Å². The molecule has 0 amide bonds. The van der Waals surface area contributed by atoms with Crippen LogP contribution in [0.3, 0.4) is 0 Å². The Bertz CT molecular complexity index is 585. The highest BCUT2D eigenvalue weighted by Crippen LogP contribution is 2.30. The molecule has 0 aromatic heterocycles. The third-order valence-electron chi connectivity index (χ3n) is 5.02. The van der Waals surface area contributed by atoms with Crippen molar-refractivity contribution in [2.75, 3.05) is 19.6 Å². The maximum Gasteiger partial charge on any atom is 0.0664 e. The second-order valence-electron chi connectivity index (χ2n) is 6.62. The number of nitrogens with zero attached hydrogens (tertiary/aromatic N) is 1. The molecular weight excluding hydrogens is 282 g/mol. The molecule has 2 aromatic rings. The van der Waals surface area contributed by atoms with Crippen LogP contribution in [-0.2, 0) is 0 Å². The molecule has 1 aliphatic rings. The first kappa shape index (κ1) is 16.2. The average molecular weight is 309 g/mol. The van der Waals surface area contributed by atoms with Gasteiger partial charge in [0, 0.05) is 6.54 Å². The predicted molar refractivity (Wildman–Crippen MR) is 96.6 cm³/mol. The Kier molecular flexibility index (Phi) is 5.47. The smallest absolute Gasteiger partial charge is 0.0664 e. The molecule has 0 aliphatic carbocycles. The summed E-state index contributed by atoms with van der Waals surface area (Å²) in [7, 11) is 0. The van der Waals surface area contributed by atoms with Crippen LogP contribution in [0, 0.1) is 0 Å². The van der Waals surface area contributed by atoms with E-state index >= 15 is 0 Å². The summed E-state index contributed by atoms with van der Waals surface area (Å²) < 4.78 is 0. The van der Waals surface area contributed by atoms with Gasteiger partial charge in [0.1, 0.15) is 0 Å². The summed E-state index contributed by atoms with van der Waals surface area (Å²) in [6.07, 6.45) is 3.07. The van der Waals surface area contributed by atoms with Gasteiger partial charge >= 0.3 is 0 Å². The zero-order valence-electron chi connectivity index (χ0n) is 14.0. The second-order valence-corrected chi connectivity index (χ2v) is 6.62. The number of likely N-dealkylation sites (tertiary alicyclic amines) is 1. The van der Waals surface area contributed by atoms with E-state index in [1.807, 2.05) is 6.92 Å². The highest BCUT2D eigenvalue weighted by Gasteiger charge is 2.21. The first-order chi connectivity index (χ1) is 11.3. The number of aliphatic hydroxyl groups excluding tert-OH is 1. The number of aliphatic hydroxyl groups is 1. The molecule has 1 heterocycles. The molecule has 1 atom stereocenters. The quantitative estimate of drug-likeness (QED) is 0.890.